The summed E-state index contributed by atoms with van der Waals surface area (Å²) >= 11 is 5.99. The van der Waals surface area contributed by atoms with Crippen molar-refractivity contribution in [1.82, 2.24) is 10.6 Å². The Balaban J connectivity index is 1.76. The van der Waals surface area contributed by atoms with Gasteiger partial charge in [0.15, 0.2) is 13.1 Å². The van der Waals surface area contributed by atoms with Crippen LogP contribution in [0.4, 0.5) is 5.69 Å². The molecule has 23 heavy (non-hydrogen) atoms. The van der Waals surface area contributed by atoms with Crippen molar-refractivity contribution < 1.29 is 19.3 Å². The molecule has 8 heteroatoms. The number of rotatable bonds is 5. The highest BCUT2D eigenvalue weighted by atomic mass is 35.5. The van der Waals surface area contributed by atoms with Crippen LogP contribution in [0.25, 0.3) is 0 Å². The number of piperazine rings is 1. The van der Waals surface area contributed by atoms with Gasteiger partial charge in [0, 0.05) is 10.7 Å². The second kappa shape index (κ2) is 7.94. The van der Waals surface area contributed by atoms with Gasteiger partial charge in [0.05, 0.1) is 19.6 Å². The number of carbonyl (C=O) groups excluding carboxylic acids is 3. The second-order valence-electron chi connectivity index (χ2n) is 5.44. The Morgan fingerprint density at radius 1 is 1.35 bits per heavy atom. The maximum atomic E-state index is 11.9. The number of benzene rings is 1. The Hall–Kier alpha value is -2.12. The van der Waals surface area contributed by atoms with E-state index in [0.29, 0.717) is 23.8 Å². The molecule has 1 unspecified atom stereocenters. The van der Waals surface area contributed by atoms with E-state index in [1.54, 1.807) is 25.1 Å². The lowest BCUT2D eigenvalue weighted by atomic mass is 10.2. The number of hydrogen-bond donors (Lipinski definition) is 4. The van der Waals surface area contributed by atoms with Crippen molar-refractivity contribution in [1.29, 1.82) is 0 Å². The van der Waals surface area contributed by atoms with Gasteiger partial charge in [-0.05, 0) is 24.6 Å². The van der Waals surface area contributed by atoms with E-state index >= 15 is 0 Å². The fraction of sp³-hybridized carbons (Fsp3) is 0.400. The average molecular weight is 340 g/mol. The molecule has 3 amide bonds. The minimum Gasteiger partial charge on any atom is -0.346 e. The minimum atomic E-state index is -0.324. The minimum absolute atomic E-state index is 0.0618. The summed E-state index contributed by atoms with van der Waals surface area (Å²) in [6, 6.07) is 5.23. The van der Waals surface area contributed by atoms with Gasteiger partial charge in [0.2, 0.25) is 5.91 Å². The molecule has 2 rings (SSSR count). The smallest absolute Gasteiger partial charge is 0.275 e. The molecular weight excluding hydrogens is 320 g/mol. The molecule has 0 aromatic heterocycles. The first kappa shape index (κ1) is 17.2. The van der Waals surface area contributed by atoms with E-state index in [1.807, 2.05) is 0 Å². The molecule has 1 aromatic rings. The first-order valence-corrected chi connectivity index (χ1v) is 7.75. The van der Waals surface area contributed by atoms with Crippen LogP contribution in [0, 0.1) is 6.92 Å². The fourth-order valence-electron chi connectivity index (χ4n) is 2.31. The van der Waals surface area contributed by atoms with Gasteiger partial charge < -0.3 is 20.9 Å². The van der Waals surface area contributed by atoms with Crippen molar-refractivity contribution in [3.63, 3.8) is 0 Å². The Labute approximate surface area is 139 Å². The average Bonchev–Trinajstić information content (AvgIpc) is 2.50. The highest BCUT2D eigenvalue weighted by Gasteiger charge is 2.22. The summed E-state index contributed by atoms with van der Waals surface area (Å²) < 4.78 is 0. The third kappa shape index (κ3) is 5.22. The van der Waals surface area contributed by atoms with Crippen LogP contribution in [0.5, 0.6) is 0 Å². The Kier molecular flexibility index (Phi) is 5.95. The summed E-state index contributed by atoms with van der Waals surface area (Å²) in [5.74, 6) is -0.643. The Morgan fingerprint density at radius 2 is 2.13 bits per heavy atom. The maximum Gasteiger partial charge on any atom is 0.275 e. The van der Waals surface area contributed by atoms with Gasteiger partial charge in [-0.3, -0.25) is 14.4 Å². The highest BCUT2D eigenvalue weighted by Crippen LogP contribution is 2.22. The molecule has 0 radical (unpaired) electrons. The Bertz CT molecular complexity index is 621. The predicted octanol–water partition coefficient (Wildman–Crippen LogP) is -1.28. The van der Waals surface area contributed by atoms with E-state index in [9.17, 15) is 14.4 Å². The van der Waals surface area contributed by atoms with Crippen LogP contribution in [0.15, 0.2) is 18.2 Å². The van der Waals surface area contributed by atoms with Crippen molar-refractivity contribution in [3.05, 3.63) is 28.8 Å². The zero-order chi connectivity index (χ0) is 16.8. The van der Waals surface area contributed by atoms with Gasteiger partial charge >= 0.3 is 0 Å². The van der Waals surface area contributed by atoms with E-state index in [1.165, 1.54) is 0 Å². The number of quaternary nitrogens is 1. The first-order chi connectivity index (χ1) is 11.0. The lowest BCUT2D eigenvalue weighted by molar-refractivity contribution is -0.885. The SMILES string of the molecule is Cc1c(Cl)cccc1NC(=O)CNC(=O)C[NH+]1CCNC(=O)C1. The molecule has 0 aliphatic carbocycles. The molecule has 7 nitrogen and oxygen atoms in total. The number of anilines is 1. The van der Waals surface area contributed by atoms with Gasteiger partial charge in [-0.1, -0.05) is 17.7 Å². The van der Waals surface area contributed by atoms with Gasteiger partial charge in [-0.2, -0.15) is 0 Å². The summed E-state index contributed by atoms with van der Waals surface area (Å²) in [6.45, 7) is 3.41. The van der Waals surface area contributed by atoms with Crippen LogP contribution >= 0.6 is 11.6 Å². The van der Waals surface area contributed by atoms with Crippen LogP contribution in [0.2, 0.25) is 5.02 Å². The van der Waals surface area contributed by atoms with E-state index in [2.05, 4.69) is 16.0 Å². The van der Waals surface area contributed by atoms with Crippen LogP contribution in [-0.4, -0.2) is 50.4 Å². The van der Waals surface area contributed by atoms with Crippen molar-refractivity contribution in [2.75, 3.05) is 38.0 Å². The van der Waals surface area contributed by atoms with E-state index in [4.69, 9.17) is 11.6 Å². The molecule has 1 aliphatic heterocycles. The molecule has 1 saturated heterocycles. The van der Waals surface area contributed by atoms with Gasteiger partial charge in [-0.15, -0.1) is 0 Å². The number of hydrogen-bond acceptors (Lipinski definition) is 3. The number of amides is 3. The highest BCUT2D eigenvalue weighted by molar-refractivity contribution is 6.31. The summed E-state index contributed by atoms with van der Waals surface area (Å²) in [4.78, 5) is 35.8. The second-order valence-corrected chi connectivity index (χ2v) is 5.85. The van der Waals surface area contributed by atoms with Gasteiger partial charge in [-0.25, -0.2) is 0 Å². The van der Waals surface area contributed by atoms with Crippen LogP contribution in [0.1, 0.15) is 5.56 Å². The van der Waals surface area contributed by atoms with E-state index in [0.717, 1.165) is 10.5 Å². The molecule has 0 spiro atoms. The summed E-state index contributed by atoms with van der Waals surface area (Å²) in [6.07, 6.45) is 0. The summed E-state index contributed by atoms with van der Waals surface area (Å²) in [5.41, 5.74) is 1.40. The topological polar surface area (TPSA) is 91.7 Å². The standard InChI is InChI=1S/C15H19ClN4O3/c1-10-11(16)3-2-4-12(10)19-13(21)7-18-15(23)9-20-6-5-17-14(22)8-20/h2-4H,5-9H2,1H3,(H,17,22)(H,18,23)(H,19,21)/p+1. The summed E-state index contributed by atoms with van der Waals surface area (Å²) in [5, 5.41) is 8.54. The third-order valence-corrected chi connectivity index (χ3v) is 4.02. The van der Waals surface area contributed by atoms with Crippen LogP contribution in [-0.2, 0) is 14.4 Å². The molecule has 1 aromatic carbocycles. The lowest BCUT2D eigenvalue weighted by Gasteiger charge is -2.22. The summed E-state index contributed by atoms with van der Waals surface area (Å²) in [7, 11) is 0. The van der Waals surface area contributed by atoms with E-state index in [-0.39, 0.29) is 37.4 Å². The van der Waals surface area contributed by atoms with E-state index < -0.39 is 0 Å². The molecule has 1 aliphatic rings. The molecular formula is C15H20ClN4O3+. The molecule has 124 valence electrons. The molecule has 4 N–H and O–H groups in total. The normalized spacial score (nSPS) is 17.3. The van der Waals surface area contributed by atoms with Crippen molar-refractivity contribution >= 4 is 35.0 Å². The number of nitrogens with one attached hydrogen (secondary N) is 4. The first-order valence-electron chi connectivity index (χ1n) is 7.37. The lowest BCUT2D eigenvalue weighted by Crippen LogP contribution is -3.16. The molecule has 1 heterocycles. The van der Waals surface area contributed by atoms with Crippen molar-refractivity contribution in [2.45, 2.75) is 6.92 Å². The molecule has 0 bridgehead atoms. The Morgan fingerprint density at radius 3 is 2.87 bits per heavy atom. The molecule has 1 fully saturated rings. The van der Waals surface area contributed by atoms with Gasteiger partial charge in [0.1, 0.15) is 0 Å². The number of carbonyl (C=O) groups is 3. The van der Waals surface area contributed by atoms with Crippen molar-refractivity contribution in [2.24, 2.45) is 0 Å². The number of halogens is 1. The molecule has 0 saturated carbocycles. The monoisotopic (exact) mass is 339 g/mol. The quantitative estimate of drug-likeness (QED) is 0.538. The van der Waals surface area contributed by atoms with Gasteiger partial charge in [0.25, 0.3) is 11.8 Å². The predicted molar refractivity (Wildman–Crippen MR) is 86.4 cm³/mol. The fourth-order valence-corrected chi connectivity index (χ4v) is 2.49. The maximum absolute atomic E-state index is 11.9. The third-order valence-electron chi connectivity index (χ3n) is 3.61. The zero-order valence-electron chi connectivity index (χ0n) is 12.9. The van der Waals surface area contributed by atoms with Crippen LogP contribution in [0.3, 0.4) is 0 Å². The largest absolute Gasteiger partial charge is 0.346 e. The molecule has 1 atom stereocenters. The zero-order valence-corrected chi connectivity index (χ0v) is 13.6. The van der Waals surface area contributed by atoms with Crippen LogP contribution < -0.4 is 20.9 Å². The van der Waals surface area contributed by atoms with Crippen molar-refractivity contribution in [3.8, 4) is 0 Å².